The average Bonchev–Trinajstić information content (AvgIpc) is 2.46. The summed E-state index contributed by atoms with van der Waals surface area (Å²) in [6.07, 6.45) is 0. The predicted octanol–water partition coefficient (Wildman–Crippen LogP) is 2.64. The van der Waals surface area contributed by atoms with E-state index >= 15 is 0 Å². The highest BCUT2D eigenvalue weighted by atomic mass is 35.5. The van der Waals surface area contributed by atoms with E-state index in [1.54, 1.807) is 31.3 Å². The maximum atomic E-state index is 12.0. The zero-order valence-corrected chi connectivity index (χ0v) is 13.1. The molecule has 0 unspecified atom stereocenters. The number of likely N-dealkylation sites (N-methyl/N-ethyl adjacent to an activating group) is 1. The zero-order valence-electron chi connectivity index (χ0n) is 12.3. The standard InChI is InChI=1S/C14H21ClN2O3/c1-5-17(6-2)14(18)9-16-11-8-12(19-3)10(15)7-13(11)20-4/h7-8,16H,5-6,9H2,1-4H3. The SMILES string of the molecule is CCN(CC)C(=O)CNc1cc(OC)c(Cl)cc1OC. The molecule has 0 spiro atoms. The van der Waals surface area contributed by atoms with Crippen molar-refractivity contribution in [3.63, 3.8) is 0 Å². The van der Waals surface area contributed by atoms with Crippen molar-refractivity contribution in [2.45, 2.75) is 13.8 Å². The van der Waals surface area contributed by atoms with Gasteiger partial charge in [-0.1, -0.05) is 11.6 Å². The minimum Gasteiger partial charge on any atom is -0.495 e. The van der Waals surface area contributed by atoms with Crippen molar-refractivity contribution in [2.75, 3.05) is 39.2 Å². The Hall–Kier alpha value is -1.62. The molecule has 0 aliphatic heterocycles. The van der Waals surface area contributed by atoms with Gasteiger partial charge in [0.25, 0.3) is 0 Å². The van der Waals surface area contributed by atoms with Crippen LogP contribution in [0.3, 0.4) is 0 Å². The molecule has 1 aromatic carbocycles. The summed E-state index contributed by atoms with van der Waals surface area (Å²) >= 11 is 6.03. The lowest BCUT2D eigenvalue weighted by Gasteiger charge is -2.20. The number of ether oxygens (including phenoxy) is 2. The van der Waals surface area contributed by atoms with Crippen LogP contribution in [0.15, 0.2) is 12.1 Å². The fraction of sp³-hybridized carbons (Fsp3) is 0.500. The van der Waals surface area contributed by atoms with Gasteiger partial charge in [0, 0.05) is 25.2 Å². The largest absolute Gasteiger partial charge is 0.495 e. The van der Waals surface area contributed by atoms with Gasteiger partial charge in [0.2, 0.25) is 5.91 Å². The number of nitrogens with one attached hydrogen (secondary N) is 1. The van der Waals surface area contributed by atoms with Gasteiger partial charge in [0.1, 0.15) is 11.5 Å². The first-order valence-corrected chi connectivity index (χ1v) is 6.88. The second-order valence-electron chi connectivity index (χ2n) is 4.11. The molecule has 0 saturated heterocycles. The number of anilines is 1. The Morgan fingerprint density at radius 2 is 1.80 bits per heavy atom. The molecule has 5 nitrogen and oxygen atoms in total. The number of benzene rings is 1. The fourth-order valence-corrected chi connectivity index (χ4v) is 2.09. The highest BCUT2D eigenvalue weighted by Crippen LogP contribution is 2.35. The smallest absolute Gasteiger partial charge is 0.241 e. The fourth-order valence-electron chi connectivity index (χ4n) is 1.86. The van der Waals surface area contributed by atoms with E-state index in [0.29, 0.717) is 35.3 Å². The Balaban J connectivity index is 2.83. The quantitative estimate of drug-likeness (QED) is 0.841. The first-order chi connectivity index (χ1) is 9.57. The van der Waals surface area contributed by atoms with Gasteiger partial charge in [0.05, 0.1) is 31.5 Å². The summed E-state index contributed by atoms with van der Waals surface area (Å²) in [4.78, 5) is 13.7. The summed E-state index contributed by atoms with van der Waals surface area (Å²) < 4.78 is 10.4. The third-order valence-corrected chi connectivity index (χ3v) is 3.32. The minimum absolute atomic E-state index is 0.0333. The lowest BCUT2D eigenvalue weighted by atomic mass is 10.2. The minimum atomic E-state index is 0.0333. The number of hydrogen-bond acceptors (Lipinski definition) is 4. The third-order valence-electron chi connectivity index (χ3n) is 3.02. The Kier molecular flexibility index (Phi) is 6.45. The molecule has 6 heteroatoms. The van der Waals surface area contributed by atoms with Crippen LogP contribution in [0.4, 0.5) is 5.69 Å². The molecular formula is C14H21ClN2O3. The summed E-state index contributed by atoms with van der Waals surface area (Å²) in [6.45, 7) is 5.49. The molecule has 1 amide bonds. The van der Waals surface area contributed by atoms with Crippen LogP contribution in [0.5, 0.6) is 11.5 Å². The van der Waals surface area contributed by atoms with E-state index in [-0.39, 0.29) is 12.5 Å². The maximum absolute atomic E-state index is 12.0. The highest BCUT2D eigenvalue weighted by Gasteiger charge is 2.13. The van der Waals surface area contributed by atoms with Crippen molar-refractivity contribution in [1.82, 2.24) is 4.90 Å². The Morgan fingerprint density at radius 3 is 2.30 bits per heavy atom. The summed E-state index contributed by atoms with van der Waals surface area (Å²) in [7, 11) is 3.09. The number of halogens is 1. The second-order valence-corrected chi connectivity index (χ2v) is 4.51. The lowest BCUT2D eigenvalue weighted by molar-refractivity contribution is -0.128. The molecule has 0 heterocycles. The van der Waals surface area contributed by atoms with Gasteiger partial charge in [-0.2, -0.15) is 0 Å². The monoisotopic (exact) mass is 300 g/mol. The van der Waals surface area contributed by atoms with Gasteiger partial charge < -0.3 is 19.7 Å². The first kappa shape index (κ1) is 16.4. The van der Waals surface area contributed by atoms with Crippen LogP contribution in [-0.4, -0.2) is 44.7 Å². The number of methoxy groups -OCH3 is 2. The van der Waals surface area contributed by atoms with E-state index in [1.807, 2.05) is 13.8 Å². The van der Waals surface area contributed by atoms with Crippen molar-refractivity contribution < 1.29 is 14.3 Å². The van der Waals surface area contributed by atoms with Crippen LogP contribution < -0.4 is 14.8 Å². The van der Waals surface area contributed by atoms with Gasteiger partial charge in [-0.3, -0.25) is 4.79 Å². The number of hydrogen-bond donors (Lipinski definition) is 1. The van der Waals surface area contributed by atoms with E-state index in [1.165, 1.54) is 0 Å². The zero-order chi connectivity index (χ0) is 15.1. The van der Waals surface area contributed by atoms with Gasteiger partial charge in [0.15, 0.2) is 0 Å². The highest BCUT2D eigenvalue weighted by molar-refractivity contribution is 6.32. The summed E-state index contributed by atoms with van der Waals surface area (Å²) in [5.41, 5.74) is 0.675. The predicted molar refractivity (Wildman–Crippen MR) is 81.0 cm³/mol. The van der Waals surface area contributed by atoms with Crippen molar-refractivity contribution in [2.24, 2.45) is 0 Å². The van der Waals surface area contributed by atoms with Crippen LogP contribution in [-0.2, 0) is 4.79 Å². The summed E-state index contributed by atoms with van der Waals surface area (Å²) in [5.74, 6) is 1.14. The third kappa shape index (κ3) is 3.93. The van der Waals surface area contributed by atoms with E-state index in [9.17, 15) is 4.79 Å². The summed E-state index contributed by atoms with van der Waals surface area (Å²) in [5, 5.41) is 3.52. The van der Waals surface area contributed by atoms with E-state index in [0.717, 1.165) is 0 Å². The average molecular weight is 301 g/mol. The van der Waals surface area contributed by atoms with Crippen molar-refractivity contribution in [1.29, 1.82) is 0 Å². The Bertz CT molecular complexity index is 462. The van der Waals surface area contributed by atoms with Crippen LogP contribution in [0.25, 0.3) is 0 Å². The van der Waals surface area contributed by atoms with Crippen molar-refractivity contribution in [3.8, 4) is 11.5 Å². The molecule has 20 heavy (non-hydrogen) atoms. The Morgan fingerprint density at radius 1 is 1.20 bits per heavy atom. The molecule has 0 aromatic heterocycles. The molecule has 0 aliphatic rings. The van der Waals surface area contributed by atoms with E-state index in [4.69, 9.17) is 21.1 Å². The van der Waals surface area contributed by atoms with E-state index < -0.39 is 0 Å². The number of carbonyl (C=O) groups is 1. The number of nitrogens with zero attached hydrogens (tertiary/aromatic N) is 1. The molecule has 1 N–H and O–H groups in total. The Labute approximate surface area is 124 Å². The molecule has 0 fully saturated rings. The molecule has 0 radical (unpaired) electrons. The number of carbonyl (C=O) groups excluding carboxylic acids is 1. The normalized spacial score (nSPS) is 10.1. The maximum Gasteiger partial charge on any atom is 0.241 e. The molecule has 0 atom stereocenters. The van der Waals surface area contributed by atoms with Crippen LogP contribution in [0, 0.1) is 0 Å². The van der Waals surface area contributed by atoms with Crippen LogP contribution in [0.2, 0.25) is 5.02 Å². The molecule has 1 aromatic rings. The van der Waals surface area contributed by atoms with E-state index in [2.05, 4.69) is 5.32 Å². The topological polar surface area (TPSA) is 50.8 Å². The first-order valence-electron chi connectivity index (χ1n) is 6.50. The van der Waals surface area contributed by atoms with Gasteiger partial charge in [-0.25, -0.2) is 0 Å². The van der Waals surface area contributed by atoms with Crippen LogP contribution in [0.1, 0.15) is 13.8 Å². The van der Waals surface area contributed by atoms with Crippen LogP contribution >= 0.6 is 11.6 Å². The second kappa shape index (κ2) is 7.85. The van der Waals surface area contributed by atoms with Crippen molar-refractivity contribution in [3.05, 3.63) is 17.2 Å². The van der Waals surface area contributed by atoms with Gasteiger partial charge >= 0.3 is 0 Å². The molecule has 0 aliphatic carbocycles. The number of rotatable bonds is 7. The molecule has 112 valence electrons. The molecule has 0 bridgehead atoms. The van der Waals surface area contributed by atoms with Crippen molar-refractivity contribution >= 4 is 23.2 Å². The molecule has 0 saturated carbocycles. The molecule has 1 rings (SSSR count). The lowest BCUT2D eigenvalue weighted by Crippen LogP contribution is -2.35. The summed E-state index contributed by atoms with van der Waals surface area (Å²) in [6, 6.07) is 3.38. The van der Waals surface area contributed by atoms with Gasteiger partial charge in [-0.15, -0.1) is 0 Å². The molecular weight excluding hydrogens is 280 g/mol. The van der Waals surface area contributed by atoms with Gasteiger partial charge in [-0.05, 0) is 13.8 Å². The number of amides is 1.